The lowest BCUT2D eigenvalue weighted by molar-refractivity contribution is -0.172. The van der Waals surface area contributed by atoms with E-state index in [0.29, 0.717) is 3.57 Å². The molecular weight excluding hydrogens is 524 g/mol. The van der Waals surface area contributed by atoms with Gasteiger partial charge in [0.15, 0.2) is 0 Å². The van der Waals surface area contributed by atoms with Gasteiger partial charge < -0.3 is 9.64 Å². The number of hydrogen-bond donors (Lipinski definition) is 0. The van der Waals surface area contributed by atoms with E-state index in [-0.39, 0.29) is 30.1 Å². The summed E-state index contributed by atoms with van der Waals surface area (Å²) in [6, 6.07) is 6.65. The Hall–Kier alpha value is -1.52. The number of ether oxygens (including phenoxy) is 1. The van der Waals surface area contributed by atoms with E-state index in [1.54, 1.807) is 49.9 Å². The van der Waals surface area contributed by atoms with Gasteiger partial charge in [-0.05, 0) is 87.1 Å². The summed E-state index contributed by atoms with van der Waals surface area (Å²) >= 11 is 1.95. The highest BCUT2D eigenvalue weighted by atomic mass is 127. The molecule has 1 aromatic carbocycles. The van der Waals surface area contributed by atoms with Gasteiger partial charge in [0, 0.05) is 22.1 Å². The van der Waals surface area contributed by atoms with E-state index in [1.165, 1.54) is 0 Å². The van der Waals surface area contributed by atoms with E-state index in [9.17, 15) is 22.8 Å². The lowest BCUT2D eigenvalue weighted by Gasteiger charge is -2.63. The quantitative estimate of drug-likeness (QED) is 0.476. The van der Waals surface area contributed by atoms with Gasteiger partial charge in [0.2, 0.25) is 0 Å². The van der Waals surface area contributed by atoms with Gasteiger partial charge in [-0.15, -0.1) is 0 Å². The Morgan fingerprint density at radius 1 is 1.26 bits per heavy atom. The molecule has 2 amide bonds. The second-order valence-electron chi connectivity index (χ2n) is 9.82. The van der Waals surface area contributed by atoms with Crippen molar-refractivity contribution in [1.29, 1.82) is 0 Å². The van der Waals surface area contributed by atoms with Gasteiger partial charge >= 0.3 is 18.2 Å². The predicted molar refractivity (Wildman–Crippen MR) is 118 cm³/mol. The summed E-state index contributed by atoms with van der Waals surface area (Å²) in [5.41, 5.74) is -0.924. The maximum atomic E-state index is 13.5. The highest BCUT2D eigenvalue weighted by Gasteiger charge is 2.68. The molecule has 3 saturated heterocycles. The van der Waals surface area contributed by atoms with Crippen LogP contribution in [0, 0.1) is 15.4 Å². The van der Waals surface area contributed by atoms with Crippen molar-refractivity contribution in [2.24, 2.45) is 11.8 Å². The molecule has 3 aliphatic heterocycles. The largest absolute Gasteiger partial charge is 0.471 e. The highest BCUT2D eigenvalue weighted by Crippen LogP contribution is 2.63. The van der Waals surface area contributed by atoms with Gasteiger partial charge in [0.1, 0.15) is 5.60 Å². The molecule has 1 spiro atoms. The van der Waals surface area contributed by atoms with Crippen molar-refractivity contribution in [1.82, 2.24) is 4.90 Å². The third kappa shape index (κ3) is 3.91. The lowest BCUT2D eigenvalue weighted by Crippen LogP contribution is -2.71. The van der Waals surface area contributed by atoms with Crippen molar-refractivity contribution >= 4 is 40.3 Å². The first kappa shape index (κ1) is 22.7. The molecule has 5 rings (SSSR count). The van der Waals surface area contributed by atoms with Crippen molar-refractivity contribution in [2.75, 3.05) is 11.4 Å². The summed E-state index contributed by atoms with van der Waals surface area (Å²) in [5.74, 6) is -1.87. The Balaban J connectivity index is 1.65. The third-order valence-electron chi connectivity index (χ3n) is 6.81. The molecule has 3 bridgehead atoms. The summed E-state index contributed by atoms with van der Waals surface area (Å²) in [7, 11) is 0. The molecule has 5 nitrogen and oxygen atoms in total. The van der Waals surface area contributed by atoms with Crippen LogP contribution in [-0.2, 0) is 9.53 Å². The number of hydrogen-bond acceptors (Lipinski definition) is 3. The topological polar surface area (TPSA) is 49.9 Å². The third-order valence-corrected chi connectivity index (χ3v) is 7.72. The van der Waals surface area contributed by atoms with Gasteiger partial charge in [-0.1, -0.05) is 12.1 Å². The van der Waals surface area contributed by atoms with Gasteiger partial charge in [0.05, 0.1) is 11.2 Å². The van der Waals surface area contributed by atoms with Crippen LogP contribution in [0.3, 0.4) is 0 Å². The smallest absolute Gasteiger partial charge is 0.444 e. The van der Waals surface area contributed by atoms with Gasteiger partial charge in [0.25, 0.3) is 0 Å². The molecule has 0 radical (unpaired) electrons. The Bertz CT molecular complexity index is 895. The number of rotatable bonds is 3. The van der Waals surface area contributed by atoms with Crippen molar-refractivity contribution in [3.05, 3.63) is 27.8 Å². The minimum atomic E-state index is -4.97. The van der Waals surface area contributed by atoms with Crippen LogP contribution in [0.2, 0.25) is 0 Å². The normalized spacial score (nSPS) is 29.4. The molecule has 1 saturated carbocycles. The number of para-hydroxylation sites is 1. The summed E-state index contributed by atoms with van der Waals surface area (Å²) in [6.07, 6.45) is -2.32. The van der Waals surface area contributed by atoms with E-state index < -0.39 is 29.3 Å². The first-order valence-electron chi connectivity index (χ1n) is 10.5. The summed E-state index contributed by atoms with van der Waals surface area (Å²) in [6.45, 7) is 5.35. The molecule has 170 valence electrons. The first-order valence-corrected chi connectivity index (χ1v) is 11.6. The first-order chi connectivity index (χ1) is 14.3. The molecule has 0 N–H and O–H groups in total. The Morgan fingerprint density at radius 2 is 1.94 bits per heavy atom. The van der Waals surface area contributed by atoms with Gasteiger partial charge in [-0.25, -0.2) is 4.79 Å². The zero-order valence-corrected chi connectivity index (χ0v) is 19.9. The second-order valence-corrected chi connectivity index (χ2v) is 11.0. The van der Waals surface area contributed by atoms with Crippen LogP contribution in [0.1, 0.15) is 46.5 Å². The molecule has 31 heavy (non-hydrogen) atoms. The SMILES string of the molecule is CC(C)(C)OC(=O)N1C2CCC13CC(C2)C3CN(C(=O)C(F)(F)F)c1ccccc1I. The fraction of sp³-hybridized carbons (Fsp3) is 0.636. The number of anilines is 1. The van der Waals surface area contributed by atoms with E-state index >= 15 is 0 Å². The molecule has 4 unspecified atom stereocenters. The number of carbonyl (C=O) groups excluding carboxylic acids is 2. The Labute approximate surface area is 193 Å². The van der Waals surface area contributed by atoms with Crippen LogP contribution in [-0.4, -0.2) is 46.8 Å². The zero-order chi connectivity index (χ0) is 22.8. The standard InChI is InChI=1S/C22H26F3IN2O3/c1-20(2,3)31-19(30)28-14-8-9-21(28)11-13(10-14)15(21)12-27(18(29)22(23,24)25)17-7-5-4-6-16(17)26/h4-7,13-15H,8-12H2,1-3H3. The highest BCUT2D eigenvalue weighted by molar-refractivity contribution is 14.1. The number of benzene rings is 1. The lowest BCUT2D eigenvalue weighted by atomic mass is 9.55. The van der Waals surface area contributed by atoms with Crippen LogP contribution in [0.5, 0.6) is 0 Å². The Morgan fingerprint density at radius 3 is 2.55 bits per heavy atom. The van der Waals surface area contributed by atoms with Crippen LogP contribution in [0.25, 0.3) is 0 Å². The minimum Gasteiger partial charge on any atom is -0.444 e. The van der Waals surface area contributed by atoms with Gasteiger partial charge in [-0.3, -0.25) is 9.69 Å². The molecule has 1 aromatic rings. The average molecular weight is 550 g/mol. The summed E-state index contributed by atoms with van der Waals surface area (Å²) in [4.78, 5) is 28.1. The maximum absolute atomic E-state index is 13.5. The fourth-order valence-corrected chi connectivity index (χ4v) is 6.39. The summed E-state index contributed by atoms with van der Waals surface area (Å²) < 4.78 is 46.6. The van der Waals surface area contributed by atoms with Crippen molar-refractivity contribution < 1.29 is 27.5 Å². The number of piperidine rings is 2. The van der Waals surface area contributed by atoms with Crippen LogP contribution in [0.15, 0.2) is 24.3 Å². The van der Waals surface area contributed by atoms with Crippen LogP contribution >= 0.6 is 22.6 Å². The van der Waals surface area contributed by atoms with E-state index in [4.69, 9.17) is 4.74 Å². The molecule has 4 aliphatic rings. The van der Waals surface area contributed by atoms with Gasteiger partial charge in [-0.2, -0.15) is 13.2 Å². The minimum absolute atomic E-state index is 0.0605. The molecule has 9 heteroatoms. The molecule has 4 fully saturated rings. The molecule has 3 heterocycles. The number of halogens is 4. The number of nitrogens with zero attached hydrogens (tertiary/aromatic N) is 2. The Kier molecular flexibility index (Phi) is 5.50. The van der Waals surface area contributed by atoms with Crippen molar-refractivity contribution in [2.45, 2.75) is 69.8 Å². The van der Waals surface area contributed by atoms with Crippen molar-refractivity contribution in [3.8, 4) is 0 Å². The van der Waals surface area contributed by atoms with Crippen LogP contribution < -0.4 is 4.90 Å². The molecule has 0 aromatic heterocycles. The maximum Gasteiger partial charge on any atom is 0.471 e. The second kappa shape index (κ2) is 7.52. The molecule has 1 aliphatic carbocycles. The summed E-state index contributed by atoms with van der Waals surface area (Å²) in [5, 5.41) is 0. The fourth-order valence-electron chi connectivity index (χ4n) is 5.71. The average Bonchev–Trinajstić information content (AvgIpc) is 2.83. The van der Waals surface area contributed by atoms with Crippen molar-refractivity contribution in [3.63, 3.8) is 0 Å². The van der Waals surface area contributed by atoms with Crippen LogP contribution in [0.4, 0.5) is 23.7 Å². The number of amides is 2. The van der Waals surface area contributed by atoms with E-state index in [1.807, 2.05) is 22.6 Å². The number of carbonyl (C=O) groups is 2. The molecular formula is C22H26F3IN2O3. The zero-order valence-electron chi connectivity index (χ0n) is 17.7. The molecule has 4 atom stereocenters. The predicted octanol–water partition coefficient (Wildman–Crippen LogP) is 5.36. The van der Waals surface area contributed by atoms with E-state index in [0.717, 1.165) is 30.6 Å². The monoisotopic (exact) mass is 550 g/mol. The number of alkyl halides is 3. The van der Waals surface area contributed by atoms with E-state index in [2.05, 4.69) is 0 Å².